The van der Waals surface area contributed by atoms with Crippen LogP contribution in [0.15, 0.2) is 12.1 Å². The number of likely N-dealkylation sites (tertiary alicyclic amines) is 1. The number of piperidine rings is 1. The molecule has 2 bridgehead atoms. The predicted molar refractivity (Wildman–Crippen MR) is 89.8 cm³/mol. The number of nitrogens with zero attached hydrogens (tertiary/aromatic N) is 1. The van der Waals surface area contributed by atoms with Gasteiger partial charge in [0, 0.05) is 25.2 Å². The summed E-state index contributed by atoms with van der Waals surface area (Å²) in [5.41, 5.74) is 5.81. The van der Waals surface area contributed by atoms with E-state index in [4.69, 9.17) is 0 Å². The van der Waals surface area contributed by atoms with Gasteiger partial charge in [-0.25, -0.2) is 0 Å². The maximum Gasteiger partial charge on any atom is 0.0454 e. The second-order valence-corrected chi connectivity index (χ2v) is 7.21. The number of fused-ring (bicyclic) bond motifs is 2. The van der Waals surface area contributed by atoms with Gasteiger partial charge < -0.3 is 5.32 Å². The Labute approximate surface area is 129 Å². The summed E-state index contributed by atoms with van der Waals surface area (Å²) in [5, 5.41) is 3.74. The summed E-state index contributed by atoms with van der Waals surface area (Å²) >= 11 is 0. The molecule has 21 heavy (non-hydrogen) atoms. The number of hydrogen-bond acceptors (Lipinski definition) is 2. The van der Waals surface area contributed by atoms with Crippen molar-refractivity contribution >= 4 is 0 Å². The molecule has 1 aromatic carbocycles. The quantitative estimate of drug-likeness (QED) is 0.887. The first-order chi connectivity index (χ1) is 10.1. The zero-order valence-electron chi connectivity index (χ0n) is 14.1. The molecule has 1 saturated carbocycles. The summed E-state index contributed by atoms with van der Waals surface area (Å²) in [4.78, 5) is 2.75. The molecule has 3 unspecified atom stereocenters. The van der Waals surface area contributed by atoms with Crippen LogP contribution >= 0.6 is 0 Å². The number of hydrogen-bond donors (Lipinski definition) is 1. The summed E-state index contributed by atoms with van der Waals surface area (Å²) in [5.74, 6) is 0.984. The third-order valence-electron chi connectivity index (χ3n) is 5.48. The van der Waals surface area contributed by atoms with E-state index in [0.717, 1.165) is 18.5 Å². The Morgan fingerprint density at radius 3 is 2.43 bits per heavy atom. The lowest BCUT2D eigenvalue weighted by Gasteiger charge is -2.32. The monoisotopic (exact) mass is 286 g/mol. The highest BCUT2D eigenvalue weighted by atomic mass is 15.2. The van der Waals surface area contributed by atoms with Crippen molar-refractivity contribution in [2.24, 2.45) is 5.92 Å². The average Bonchev–Trinajstić information content (AvgIpc) is 2.99. The van der Waals surface area contributed by atoms with E-state index >= 15 is 0 Å². The molecule has 1 aromatic rings. The lowest BCUT2D eigenvalue weighted by atomic mass is 9.93. The van der Waals surface area contributed by atoms with Crippen molar-refractivity contribution in [2.45, 2.75) is 59.0 Å². The van der Waals surface area contributed by atoms with E-state index in [0.29, 0.717) is 6.04 Å². The first-order valence-corrected chi connectivity index (χ1v) is 8.63. The number of likely N-dealkylation sites (N-methyl/N-ethyl adjacent to an activating group) is 1. The molecule has 2 heteroatoms. The Kier molecular flexibility index (Phi) is 4.37. The fourth-order valence-corrected chi connectivity index (χ4v) is 4.73. The van der Waals surface area contributed by atoms with Gasteiger partial charge in [-0.05, 0) is 69.2 Å². The van der Waals surface area contributed by atoms with Gasteiger partial charge in [0.25, 0.3) is 0 Å². The number of benzene rings is 1. The minimum atomic E-state index is 0.481. The van der Waals surface area contributed by atoms with Crippen LogP contribution in [0.5, 0.6) is 0 Å². The van der Waals surface area contributed by atoms with Crippen molar-refractivity contribution in [3.8, 4) is 0 Å². The molecule has 116 valence electrons. The van der Waals surface area contributed by atoms with Crippen LogP contribution in [0.3, 0.4) is 0 Å². The van der Waals surface area contributed by atoms with Crippen molar-refractivity contribution in [3.63, 3.8) is 0 Å². The van der Waals surface area contributed by atoms with Crippen molar-refractivity contribution in [3.05, 3.63) is 34.4 Å². The predicted octanol–water partition coefficient (Wildman–Crippen LogP) is 3.75. The number of rotatable bonds is 5. The van der Waals surface area contributed by atoms with Crippen molar-refractivity contribution < 1.29 is 0 Å². The molecular formula is C19H30N2. The minimum absolute atomic E-state index is 0.481. The molecule has 2 aliphatic rings. The molecule has 1 heterocycles. The van der Waals surface area contributed by atoms with E-state index in [9.17, 15) is 0 Å². The lowest BCUT2D eigenvalue weighted by molar-refractivity contribution is 0.191. The highest BCUT2D eigenvalue weighted by Crippen LogP contribution is 2.38. The van der Waals surface area contributed by atoms with Gasteiger partial charge in [-0.3, -0.25) is 4.90 Å². The van der Waals surface area contributed by atoms with E-state index < -0.39 is 0 Å². The van der Waals surface area contributed by atoms with Gasteiger partial charge in [-0.1, -0.05) is 24.6 Å². The first kappa shape index (κ1) is 15.1. The Morgan fingerprint density at radius 1 is 1.19 bits per heavy atom. The normalized spacial score (nSPS) is 26.5. The minimum Gasteiger partial charge on any atom is -0.309 e. The van der Waals surface area contributed by atoms with Crippen LogP contribution in [0.1, 0.15) is 54.5 Å². The topological polar surface area (TPSA) is 15.3 Å². The summed E-state index contributed by atoms with van der Waals surface area (Å²) in [6, 6.07) is 6.02. The van der Waals surface area contributed by atoms with Gasteiger partial charge in [0.15, 0.2) is 0 Å². The largest absolute Gasteiger partial charge is 0.309 e. The third-order valence-corrected chi connectivity index (χ3v) is 5.48. The van der Waals surface area contributed by atoms with Gasteiger partial charge in [0.2, 0.25) is 0 Å². The van der Waals surface area contributed by atoms with Crippen LogP contribution in [0.4, 0.5) is 0 Å². The van der Waals surface area contributed by atoms with E-state index in [2.05, 4.69) is 50.0 Å². The molecule has 2 nitrogen and oxygen atoms in total. The summed E-state index contributed by atoms with van der Waals surface area (Å²) < 4.78 is 0. The van der Waals surface area contributed by atoms with Crippen molar-refractivity contribution in [1.29, 1.82) is 0 Å². The summed E-state index contributed by atoms with van der Waals surface area (Å²) in [6.07, 6.45) is 4.34. The molecule has 0 radical (unpaired) electrons. The molecule has 3 rings (SSSR count). The molecule has 0 spiro atoms. The molecule has 2 fully saturated rings. The van der Waals surface area contributed by atoms with Crippen LogP contribution in [0.25, 0.3) is 0 Å². The molecule has 3 atom stereocenters. The Bertz CT molecular complexity index is 485. The van der Waals surface area contributed by atoms with Gasteiger partial charge >= 0.3 is 0 Å². The standard InChI is InChI=1S/C19H30N2/c1-5-20-18(12-21-11-16-6-7-17(21)10-16)19-14(3)8-13(2)9-15(19)4/h8-9,16-18,20H,5-7,10-12H2,1-4H3. The molecule has 1 aliphatic heterocycles. The highest BCUT2D eigenvalue weighted by Gasteiger charge is 2.38. The van der Waals surface area contributed by atoms with Crippen LogP contribution in [0, 0.1) is 26.7 Å². The summed E-state index contributed by atoms with van der Waals surface area (Å²) in [6.45, 7) is 12.5. The average molecular weight is 286 g/mol. The molecule has 0 aromatic heterocycles. The SMILES string of the molecule is CCNC(CN1CC2CCC1C2)c1c(C)cc(C)cc1C. The molecule has 1 saturated heterocycles. The van der Waals surface area contributed by atoms with Gasteiger partial charge in [0.05, 0.1) is 0 Å². The van der Waals surface area contributed by atoms with Crippen molar-refractivity contribution in [2.75, 3.05) is 19.6 Å². The van der Waals surface area contributed by atoms with Crippen molar-refractivity contribution in [1.82, 2.24) is 10.2 Å². The van der Waals surface area contributed by atoms with Crippen LogP contribution in [-0.4, -0.2) is 30.6 Å². The van der Waals surface area contributed by atoms with Gasteiger partial charge in [0.1, 0.15) is 0 Å². The molecule has 1 aliphatic carbocycles. The third kappa shape index (κ3) is 3.02. The van der Waals surface area contributed by atoms with Crippen LogP contribution in [-0.2, 0) is 0 Å². The summed E-state index contributed by atoms with van der Waals surface area (Å²) in [7, 11) is 0. The second kappa shape index (κ2) is 6.10. The maximum atomic E-state index is 3.74. The fraction of sp³-hybridized carbons (Fsp3) is 0.684. The Hall–Kier alpha value is -0.860. The smallest absolute Gasteiger partial charge is 0.0454 e. The fourth-order valence-electron chi connectivity index (χ4n) is 4.73. The van der Waals surface area contributed by atoms with Crippen LogP contribution in [0.2, 0.25) is 0 Å². The van der Waals surface area contributed by atoms with Crippen LogP contribution < -0.4 is 5.32 Å². The number of nitrogens with one attached hydrogen (secondary N) is 1. The number of aryl methyl sites for hydroxylation is 3. The first-order valence-electron chi connectivity index (χ1n) is 8.63. The Balaban J connectivity index is 1.81. The van der Waals surface area contributed by atoms with Gasteiger partial charge in [-0.2, -0.15) is 0 Å². The lowest BCUT2D eigenvalue weighted by Crippen LogP contribution is -2.40. The molecular weight excluding hydrogens is 256 g/mol. The van der Waals surface area contributed by atoms with E-state index in [1.165, 1.54) is 54.6 Å². The van der Waals surface area contributed by atoms with E-state index in [1.54, 1.807) is 0 Å². The maximum absolute atomic E-state index is 3.74. The highest BCUT2D eigenvalue weighted by molar-refractivity contribution is 5.40. The molecule has 0 amide bonds. The Morgan fingerprint density at radius 2 is 1.90 bits per heavy atom. The molecule has 1 N–H and O–H groups in total. The van der Waals surface area contributed by atoms with Gasteiger partial charge in [-0.15, -0.1) is 0 Å². The van der Waals surface area contributed by atoms with E-state index in [1.807, 2.05) is 0 Å². The zero-order valence-corrected chi connectivity index (χ0v) is 14.1. The zero-order chi connectivity index (χ0) is 15.0. The second-order valence-electron chi connectivity index (χ2n) is 7.21. The van der Waals surface area contributed by atoms with E-state index in [-0.39, 0.29) is 0 Å².